The molecule has 0 aliphatic rings. The zero-order valence-corrected chi connectivity index (χ0v) is 13.3. The molecule has 20 heavy (non-hydrogen) atoms. The molecule has 0 saturated carbocycles. The van der Waals surface area contributed by atoms with Gasteiger partial charge in [0.05, 0.1) is 0 Å². The minimum Gasteiger partial charge on any atom is -0.507 e. The molecule has 1 heterocycles. The molecule has 0 spiro atoms. The van der Waals surface area contributed by atoms with Crippen LogP contribution in [0.1, 0.15) is 42.3 Å². The maximum Gasteiger partial charge on any atom is 0.123 e. The van der Waals surface area contributed by atoms with Gasteiger partial charge in [0.1, 0.15) is 10.8 Å². The number of hydrogen-bond acceptors (Lipinski definition) is 4. The van der Waals surface area contributed by atoms with Gasteiger partial charge >= 0.3 is 0 Å². The minimum absolute atomic E-state index is 0.334. The Morgan fingerprint density at radius 1 is 1.30 bits per heavy atom. The van der Waals surface area contributed by atoms with Crippen molar-refractivity contribution in [1.82, 2.24) is 10.3 Å². The number of phenols is 1. The van der Waals surface area contributed by atoms with Crippen molar-refractivity contribution in [1.29, 1.82) is 0 Å². The quantitative estimate of drug-likeness (QED) is 0.867. The summed E-state index contributed by atoms with van der Waals surface area (Å²) in [5, 5.41) is 14.3. The average Bonchev–Trinajstić information content (AvgIpc) is 2.91. The van der Waals surface area contributed by atoms with E-state index in [1.54, 1.807) is 11.3 Å². The average molecular weight is 290 g/mol. The third-order valence-corrected chi connectivity index (χ3v) is 4.62. The number of nitrogens with one attached hydrogen (secondary N) is 1. The van der Waals surface area contributed by atoms with Crippen LogP contribution in [-0.4, -0.2) is 16.6 Å². The lowest BCUT2D eigenvalue weighted by Gasteiger charge is -2.09. The van der Waals surface area contributed by atoms with E-state index in [1.807, 2.05) is 32.2 Å². The first kappa shape index (κ1) is 15.0. The van der Waals surface area contributed by atoms with Crippen LogP contribution in [0, 0.1) is 13.8 Å². The van der Waals surface area contributed by atoms with E-state index in [4.69, 9.17) is 0 Å². The Labute approximate surface area is 124 Å². The Bertz CT molecular complexity index is 569. The lowest BCUT2D eigenvalue weighted by molar-refractivity contribution is 0.467. The number of phenolic OH excluding ortho intramolecular Hbond substituents is 1. The molecule has 0 aliphatic heterocycles. The van der Waals surface area contributed by atoms with Crippen molar-refractivity contribution >= 4 is 11.3 Å². The van der Waals surface area contributed by atoms with Crippen molar-refractivity contribution in [3.8, 4) is 16.3 Å². The monoisotopic (exact) mass is 290 g/mol. The van der Waals surface area contributed by atoms with E-state index in [0.717, 1.165) is 34.7 Å². The van der Waals surface area contributed by atoms with Gasteiger partial charge in [-0.25, -0.2) is 4.98 Å². The molecule has 4 heteroatoms. The summed E-state index contributed by atoms with van der Waals surface area (Å²) in [6.07, 6.45) is 3.08. The largest absolute Gasteiger partial charge is 0.507 e. The second kappa shape index (κ2) is 6.37. The second-order valence-electron chi connectivity index (χ2n) is 5.20. The first-order valence-corrected chi connectivity index (χ1v) is 7.84. The lowest BCUT2D eigenvalue weighted by atomic mass is 10.1. The number of nitrogens with zero attached hydrogens (tertiary/aromatic N) is 1. The molecular formula is C16H22N2OS. The number of aromatic nitrogens is 1. The van der Waals surface area contributed by atoms with Crippen LogP contribution < -0.4 is 5.32 Å². The van der Waals surface area contributed by atoms with Gasteiger partial charge in [-0.2, -0.15) is 0 Å². The molecule has 1 aromatic heterocycles. The van der Waals surface area contributed by atoms with Crippen LogP contribution in [0.15, 0.2) is 18.3 Å². The molecule has 3 nitrogen and oxygen atoms in total. The SMILES string of the molecule is CCCNC(C)c1cnc(-c2cc(C)c(O)c(C)c2)s1. The smallest absolute Gasteiger partial charge is 0.123 e. The highest BCUT2D eigenvalue weighted by atomic mass is 32.1. The Morgan fingerprint density at radius 3 is 2.55 bits per heavy atom. The summed E-state index contributed by atoms with van der Waals surface area (Å²) >= 11 is 1.71. The Morgan fingerprint density at radius 2 is 1.95 bits per heavy atom. The van der Waals surface area contributed by atoms with Crippen LogP contribution in [0.25, 0.3) is 10.6 Å². The fourth-order valence-corrected chi connectivity index (χ4v) is 3.09. The van der Waals surface area contributed by atoms with Crippen LogP contribution in [0.4, 0.5) is 0 Å². The normalized spacial score (nSPS) is 12.6. The Kier molecular flexibility index (Phi) is 4.78. The zero-order valence-electron chi connectivity index (χ0n) is 12.5. The van der Waals surface area contributed by atoms with E-state index < -0.39 is 0 Å². The van der Waals surface area contributed by atoms with E-state index in [2.05, 4.69) is 24.1 Å². The Balaban J connectivity index is 2.24. The van der Waals surface area contributed by atoms with Crippen LogP contribution in [-0.2, 0) is 0 Å². The highest BCUT2D eigenvalue weighted by Gasteiger charge is 2.12. The molecule has 0 bridgehead atoms. The van der Waals surface area contributed by atoms with E-state index in [9.17, 15) is 5.11 Å². The number of thiazole rings is 1. The molecule has 0 aliphatic carbocycles. The number of hydrogen-bond donors (Lipinski definition) is 2. The molecule has 108 valence electrons. The van der Waals surface area contributed by atoms with E-state index >= 15 is 0 Å². The summed E-state index contributed by atoms with van der Waals surface area (Å²) in [5.41, 5.74) is 2.87. The molecule has 2 rings (SSSR count). The zero-order chi connectivity index (χ0) is 14.7. The standard InChI is InChI=1S/C16H22N2OS/c1-5-6-17-12(4)14-9-18-16(20-14)13-7-10(2)15(19)11(3)8-13/h7-9,12,17,19H,5-6H2,1-4H3. The summed E-state index contributed by atoms with van der Waals surface area (Å²) < 4.78 is 0. The fourth-order valence-electron chi connectivity index (χ4n) is 2.16. The summed E-state index contributed by atoms with van der Waals surface area (Å²) in [6.45, 7) is 9.20. The molecule has 0 amide bonds. The fraction of sp³-hybridized carbons (Fsp3) is 0.438. The lowest BCUT2D eigenvalue weighted by Crippen LogP contribution is -2.18. The molecule has 2 N–H and O–H groups in total. The first-order valence-electron chi connectivity index (χ1n) is 7.02. The third kappa shape index (κ3) is 3.19. The van der Waals surface area contributed by atoms with Gasteiger partial charge in [0.25, 0.3) is 0 Å². The van der Waals surface area contributed by atoms with Crippen molar-refractivity contribution in [3.63, 3.8) is 0 Å². The van der Waals surface area contributed by atoms with Gasteiger partial charge < -0.3 is 10.4 Å². The summed E-state index contributed by atoms with van der Waals surface area (Å²) in [4.78, 5) is 5.77. The first-order chi connectivity index (χ1) is 9.52. The predicted octanol–water partition coefficient (Wildman–Crippen LogP) is 4.19. The van der Waals surface area contributed by atoms with Gasteiger partial charge in [-0.1, -0.05) is 6.92 Å². The van der Waals surface area contributed by atoms with E-state index in [-0.39, 0.29) is 0 Å². The van der Waals surface area contributed by atoms with Crippen LogP contribution >= 0.6 is 11.3 Å². The summed E-state index contributed by atoms with van der Waals surface area (Å²) in [7, 11) is 0. The highest BCUT2D eigenvalue weighted by molar-refractivity contribution is 7.15. The topological polar surface area (TPSA) is 45.2 Å². The molecular weight excluding hydrogens is 268 g/mol. The van der Waals surface area contributed by atoms with Gasteiger partial charge in [-0.3, -0.25) is 0 Å². The van der Waals surface area contributed by atoms with E-state index in [1.165, 1.54) is 4.88 Å². The summed E-state index contributed by atoms with van der Waals surface area (Å²) in [5.74, 6) is 0.378. The molecule has 1 unspecified atom stereocenters. The molecule has 1 atom stereocenters. The predicted molar refractivity (Wildman–Crippen MR) is 85.4 cm³/mol. The number of benzene rings is 1. The van der Waals surface area contributed by atoms with Crippen molar-refractivity contribution in [2.24, 2.45) is 0 Å². The molecule has 1 aromatic carbocycles. The third-order valence-electron chi connectivity index (χ3n) is 3.39. The van der Waals surface area contributed by atoms with Gasteiger partial charge in [-0.05, 0) is 57.0 Å². The van der Waals surface area contributed by atoms with Crippen molar-refractivity contribution in [3.05, 3.63) is 34.3 Å². The maximum absolute atomic E-state index is 9.84. The van der Waals surface area contributed by atoms with Gasteiger partial charge in [0.15, 0.2) is 0 Å². The number of rotatable bonds is 5. The van der Waals surface area contributed by atoms with Crippen LogP contribution in [0.5, 0.6) is 5.75 Å². The van der Waals surface area contributed by atoms with Crippen LogP contribution in [0.2, 0.25) is 0 Å². The maximum atomic E-state index is 9.84. The second-order valence-corrected chi connectivity index (χ2v) is 6.26. The molecule has 2 aromatic rings. The molecule has 0 fully saturated rings. The van der Waals surface area contributed by atoms with Crippen molar-refractivity contribution in [2.45, 2.75) is 40.2 Å². The van der Waals surface area contributed by atoms with E-state index in [0.29, 0.717) is 11.8 Å². The van der Waals surface area contributed by atoms with Crippen molar-refractivity contribution < 1.29 is 5.11 Å². The highest BCUT2D eigenvalue weighted by Crippen LogP contribution is 2.33. The number of aryl methyl sites for hydroxylation is 2. The molecule has 0 saturated heterocycles. The van der Waals surface area contributed by atoms with Gasteiger partial charge in [0.2, 0.25) is 0 Å². The minimum atomic E-state index is 0.334. The molecule has 0 radical (unpaired) electrons. The Hall–Kier alpha value is -1.39. The van der Waals surface area contributed by atoms with Crippen LogP contribution in [0.3, 0.4) is 0 Å². The number of aromatic hydroxyl groups is 1. The summed E-state index contributed by atoms with van der Waals surface area (Å²) in [6, 6.07) is 4.32. The van der Waals surface area contributed by atoms with Gasteiger partial charge in [-0.15, -0.1) is 11.3 Å². The van der Waals surface area contributed by atoms with Gasteiger partial charge in [0, 0.05) is 22.7 Å². The van der Waals surface area contributed by atoms with Crippen molar-refractivity contribution in [2.75, 3.05) is 6.54 Å².